The molecule has 20 heavy (non-hydrogen) atoms. The molecule has 0 amide bonds. The minimum atomic E-state index is 0.302. The molecule has 0 aliphatic carbocycles. The topological polar surface area (TPSA) is 29.9 Å². The van der Waals surface area contributed by atoms with Crippen LogP contribution in [-0.2, 0) is 19.5 Å². The maximum Gasteiger partial charge on any atom is 0.0625 e. The molecule has 0 fully saturated rings. The number of hydrogen-bond acceptors (Lipinski definition) is 2. The van der Waals surface area contributed by atoms with E-state index in [1.54, 1.807) is 0 Å². The van der Waals surface area contributed by atoms with Crippen LogP contribution in [-0.4, -0.2) is 9.78 Å². The highest BCUT2D eigenvalue weighted by Crippen LogP contribution is 2.23. The number of nitrogens with zero attached hydrogens (tertiary/aromatic N) is 2. The van der Waals surface area contributed by atoms with E-state index in [0.717, 1.165) is 29.7 Å². The molecule has 1 atom stereocenters. The summed E-state index contributed by atoms with van der Waals surface area (Å²) in [5, 5.41) is 8.16. The highest BCUT2D eigenvalue weighted by Gasteiger charge is 2.10. The molecule has 0 spiro atoms. The molecule has 1 N–H and O–H groups in total. The number of nitrogens with one attached hydrogen (secondary N) is 1. The van der Waals surface area contributed by atoms with Crippen LogP contribution in [0.15, 0.2) is 34.8 Å². The van der Waals surface area contributed by atoms with Gasteiger partial charge in [-0.3, -0.25) is 4.68 Å². The second-order valence-electron chi connectivity index (χ2n) is 4.92. The van der Waals surface area contributed by atoms with Gasteiger partial charge in [-0.05, 0) is 38.0 Å². The van der Waals surface area contributed by atoms with E-state index in [1.807, 2.05) is 6.07 Å². The summed E-state index contributed by atoms with van der Waals surface area (Å²) in [4.78, 5) is 0. The summed E-state index contributed by atoms with van der Waals surface area (Å²) >= 11 is 3.61. The van der Waals surface area contributed by atoms with Gasteiger partial charge in [-0.15, -0.1) is 0 Å². The van der Waals surface area contributed by atoms with Gasteiger partial charge in [0.2, 0.25) is 0 Å². The highest BCUT2D eigenvalue weighted by atomic mass is 79.9. The lowest BCUT2D eigenvalue weighted by Gasteiger charge is -2.16. The fraction of sp³-hybridized carbons (Fsp3) is 0.438. The van der Waals surface area contributed by atoms with Crippen LogP contribution < -0.4 is 5.32 Å². The first-order chi connectivity index (χ1) is 9.65. The van der Waals surface area contributed by atoms with E-state index in [2.05, 4.69) is 76.1 Å². The standard InChI is InChI=1S/C16H22BrN3/c1-4-13-10-14(20(5-2)19-13)11-18-12(3)15-8-6-7-9-16(15)17/h6-10,12,18H,4-5,11H2,1-3H3/t12-/m1/s1. The van der Waals surface area contributed by atoms with Crippen molar-refractivity contribution in [2.75, 3.05) is 0 Å². The molecule has 0 saturated heterocycles. The first kappa shape index (κ1) is 15.3. The number of rotatable bonds is 6. The van der Waals surface area contributed by atoms with Gasteiger partial charge >= 0.3 is 0 Å². The molecular formula is C16H22BrN3. The third kappa shape index (κ3) is 3.49. The van der Waals surface area contributed by atoms with Crippen LogP contribution in [0.3, 0.4) is 0 Å². The molecule has 108 valence electrons. The molecule has 1 heterocycles. The van der Waals surface area contributed by atoms with Gasteiger partial charge in [0, 0.05) is 23.6 Å². The molecule has 0 saturated carbocycles. The molecule has 2 rings (SSSR count). The molecule has 2 aromatic rings. The van der Waals surface area contributed by atoms with Crippen LogP contribution in [0.5, 0.6) is 0 Å². The average molecular weight is 336 g/mol. The quantitative estimate of drug-likeness (QED) is 0.861. The monoisotopic (exact) mass is 335 g/mol. The second kappa shape index (κ2) is 7.04. The Labute approximate surface area is 129 Å². The smallest absolute Gasteiger partial charge is 0.0625 e. The Balaban J connectivity index is 2.05. The Hall–Kier alpha value is -1.13. The van der Waals surface area contributed by atoms with E-state index < -0.39 is 0 Å². The molecule has 1 aromatic carbocycles. The minimum Gasteiger partial charge on any atom is -0.305 e. The fourth-order valence-corrected chi connectivity index (χ4v) is 2.93. The predicted molar refractivity (Wildman–Crippen MR) is 86.7 cm³/mol. The van der Waals surface area contributed by atoms with Crippen molar-refractivity contribution < 1.29 is 0 Å². The van der Waals surface area contributed by atoms with Crippen molar-refractivity contribution in [3.63, 3.8) is 0 Å². The SMILES string of the molecule is CCc1cc(CN[C@H](C)c2ccccc2Br)n(CC)n1. The number of aromatic nitrogens is 2. The van der Waals surface area contributed by atoms with Crippen molar-refractivity contribution in [1.29, 1.82) is 0 Å². The third-order valence-corrected chi connectivity index (χ3v) is 4.26. The normalized spacial score (nSPS) is 12.6. The van der Waals surface area contributed by atoms with Crippen LogP contribution in [0.4, 0.5) is 0 Å². The zero-order valence-corrected chi connectivity index (χ0v) is 13.9. The van der Waals surface area contributed by atoms with Crippen molar-refractivity contribution >= 4 is 15.9 Å². The van der Waals surface area contributed by atoms with E-state index in [-0.39, 0.29) is 0 Å². The molecule has 0 aliphatic rings. The highest BCUT2D eigenvalue weighted by molar-refractivity contribution is 9.10. The average Bonchev–Trinajstić information content (AvgIpc) is 2.87. The summed E-state index contributed by atoms with van der Waals surface area (Å²) in [6, 6.07) is 10.8. The molecule has 1 aromatic heterocycles. The molecule has 0 bridgehead atoms. The van der Waals surface area contributed by atoms with Gasteiger partial charge in [0.15, 0.2) is 0 Å². The van der Waals surface area contributed by atoms with Gasteiger partial charge in [-0.2, -0.15) is 5.10 Å². The number of benzene rings is 1. The number of hydrogen-bond donors (Lipinski definition) is 1. The molecule has 0 radical (unpaired) electrons. The summed E-state index contributed by atoms with van der Waals surface area (Å²) in [6.07, 6.45) is 0.986. The van der Waals surface area contributed by atoms with Crippen LogP contribution in [0.25, 0.3) is 0 Å². The van der Waals surface area contributed by atoms with Gasteiger partial charge < -0.3 is 5.32 Å². The van der Waals surface area contributed by atoms with E-state index >= 15 is 0 Å². The zero-order valence-electron chi connectivity index (χ0n) is 12.4. The Morgan fingerprint density at radius 2 is 2.05 bits per heavy atom. The van der Waals surface area contributed by atoms with Gasteiger partial charge in [-0.1, -0.05) is 41.1 Å². The molecule has 3 nitrogen and oxygen atoms in total. The lowest BCUT2D eigenvalue weighted by Crippen LogP contribution is -2.20. The lowest BCUT2D eigenvalue weighted by atomic mass is 10.1. The van der Waals surface area contributed by atoms with E-state index in [0.29, 0.717) is 6.04 Å². The number of halogens is 1. The first-order valence-electron chi connectivity index (χ1n) is 7.19. The molecule has 0 aliphatic heterocycles. The van der Waals surface area contributed by atoms with Gasteiger partial charge in [0.25, 0.3) is 0 Å². The van der Waals surface area contributed by atoms with Crippen LogP contribution in [0.1, 0.15) is 43.8 Å². The van der Waals surface area contributed by atoms with Crippen LogP contribution in [0.2, 0.25) is 0 Å². The Bertz CT molecular complexity index is 563. The summed E-state index contributed by atoms with van der Waals surface area (Å²) in [5.74, 6) is 0. The minimum absolute atomic E-state index is 0.302. The molecular weight excluding hydrogens is 314 g/mol. The Morgan fingerprint density at radius 1 is 1.30 bits per heavy atom. The van der Waals surface area contributed by atoms with Crippen LogP contribution in [0, 0.1) is 0 Å². The Morgan fingerprint density at radius 3 is 2.70 bits per heavy atom. The van der Waals surface area contributed by atoms with E-state index in [9.17, 15) is 0 Å². The van der Waals surface area contributed by atoms with Gasteiger partial charge in [-0.25, -0.2) is 0 Å². The molecule has 4 heteroatoms. The lowest BCUT2D eigenvalue weighted by molar-refractivity contribution is 0.529. The second-order valence-corrected chi connectivity index (χ2v) is 5.77. The summed E-state index contributed by atoms with van der Waals surface area (Å²) in [6.45, 7) is 8.22. The van der Waals surface area contributed by atoms with Crippen molar-refractivity contribution in [2.24, 2.45) is 0 Å². The maximum absolute atomic E-state index is 4.58. The maximum atomic E-state index is 4.58. The molecule has 0 unspecified atom stereocenters. The largest absolute Gasteiger partial charge is 0.305 e. The fourth-order valence-electron chi connectivity index (χ4n) is 2.30. The van der Waals surface area contributed by atoms with Crippen molar-refractivity contribution in [3.05, 3.63) is 51.8 Å². The van der Waals surface area contributed by atoms with E-state index in [4.69, 9.17) is 0 Å². The van der Waals surface area contributed by atoms with Gasteiger partial charge in [0.1, 0.15) is 0 Å². The van der Waals surface area contributed by atoms with Crippen molar-refractivity contribution in [3.8, 4) is 0 Å². The summed E-state index contributed by atoms with van der Waals surface area (Å²) in [7, 11) is 0. The van der Waals surface area contributed by atoms with Crippen molar-refractivity contribution in [2.45, 2.75) is 46.3 Å². The van der Waals surface area contributed by atoms with Gasteiger partial charge in [0.05, 0.1) is 11.4 Å². The Kier molecular flexibility index (Phi) is 5.38. The van der Waals surface area contributed by atoms with E-state index in [1.165, 1.54) is 11.3 Å². The number of aryl methyl sites for hydroxylation is 2. The third-order valence-electron chi connectivity index (χ3n) is 3.54. The first-order valence-corrected chi connectivity index (χ1v) is 7.98. The summed E-state index contributed by atoms with van der Waals surface area (Å²) in [5.41, 5.74) is 3.70. The van der Waals surface area contributed by atoms with Crippen LogP contribution >= 0.6 is 15.9 Å². The summed E-state index contributed by atoms with van der Waals surface area (Å²) < 4.78 is 3.23. The predicted octanol–water partition coefficient (Wildman–Crippen LogP) is 4.08. The zero-order chi connectivity index (χ0) is 14.5. The van der Waals surface area contributed by atoms with Crippen molar-refractivity contribution in [1.82, 2.24) is 15.1 Å².